The number of rotatable bonds is 4. The first-order chi connectivity index (χ1) is 9.78. The second-order valence-corrected chi connectivity index (χ2v) is 4.59. The number of hydrogen-bond donors (Lipinski definition) is 0. The summed E-state index contributed by atoms with van der Waals surface area (Å²) in [6.45, 7) is 3.14. The summed E-state index contributed by atoms with van der Waals surface area (Å²) in [4.78, 5) is 16.5. The quantitative estimate of drug-likeness (QED) is 0.801. The van der Waals surface area contributed by atoms with Gasteiger partial charge in [-0.3, -0.25) is 9.78 Å². The molecule has 0 amide bonds. The van der Waals surface area contributed by atoms with E-state index in [0.717, 1.165) is 17.7 Å². The summed E-state index contributed by atoms with van der Waals surface area (Å²) in [5.41, 5.74) is 2.28. The normalized spacial score (nSPS) is 12.7. The van der Waals surface area contributed by atoms with Gasteiger partial charge in [-0.2, -0.15) is 0 Å². The second-order valence-electron chi connectivity index (χ2n) is 4.59. The molecular weight excluding hydrogens is 254 g/mol. The van der Waals surface area contributed by atoms with Gasteiger partial charge in [0, 0.05) is 23.7 Å². The monoisotopic (exact) mass is 269 g/mol. The van der Waals surface area contributed by atoms with Crippen LogP contribution >= 0.6 is 0 Å². The van der Waals surface area contributed by atoms with Crippen molar-refractivity contribution in [2.24, 2.45) is 0 Å². The predicted molar refractivity (Wildman–Crippen MR) is 74.5 cm³/mol. The van der Waals surface area contributed by atoms with Crippen molar-refractivity contribution in [1.29, 1.82) is 0 Å². The van der Waals surface area contributed by atoms with Crippen LogP contribution in [0.25, 0.3) is 0 Å². The zero-order valence-electron chi connectivity index (χ0n) is 11.3. The van der Waals surface area contributed by atoms with Crippen LogP contribution in [0.3, 0.4) is 0 Å². The van der Waals surface area contributed by atoms with E-state index in [1.807, 2.05) is 19.1 Å². The molecule has 1 aromatic carbocycles. The Balaban J connectivity index is 1.90. The predicted octanol–water partition coefficient (Wildman–Crippen LogP) is 2.65. The van der Waals surface area contributed by atoms with Crippen molar-refractivity contribution >= 4 is 5.78 Å². The summed E-state index contributed by atoms with van der Waals surface area (Å²) in [7, 11) is 0. The molecule has 0 N–H and O–H groups in total. The summed E-state index contributed by atoms with van der Waals surface area (Å²) >= 11 is 0. The maximum Gasteiger partial charge on any atom is 0.194 e. The van der Waals surface area contributed by atoms with Gasteiger partial charge >= 0.3 is 0 Å². The molecule has 0 atom stereocenters. The van der Waals surface area contributed by atoms with E-state index in [4.69, 9.17) is 9.47 Å². The number of fused-ring (bicyclic) bond motifs is 1. The maximum absolute atomic E-state index is 12.5. The molecule has 0 spiro atoms. The van der Waals surface area contributed by atoms with Crippen LogP contribution in [0.2, 0.25) is 0 Å². The number of pyridine rings is 1. The minimum absolute atomic E-state index is 0.0475. The summed E-state index contributed by atoms with van der Waals surface area (Å²) in [5.74, 6) is 1.44. The van der Waals surface area contributed by atoms with E-state index in [1.165, 1.54) is 0 Å². The zero-order valence-corrected chi connectivity index (χ0v) is 11.3. The number of carbonyl (C=O) groups is 1. The molecule has 0 fully saturated rings. The van der Waals surface area contributed by atoms with Crippen molar-refractivity contribution in [3.63, 3.8) is 0 Å². The lowest BCUT2D eigenvalue weighted by Gasteiger charge is -2.06. The van der Waals surface area contributed by atoms with E-state index in [-0.39, 0.29) is 5.78 Å². The lowest BCUT2D eigenvalue weighted by Crippen LogP contribution is -2.03. The number of nitrogens with zero attached hydrogens (tertiary/aromatic N) is 1. The summed E-state index contributed by atoms with van der Waals surface area (Å²) in [6.07, 6.45) is 4.03. The average molecular weight is 269 g/mol. The van der Waals surface area contributed by atoms with Crippen molar-refractivity contribution in [1.82, 2.24) is 4.98 Å². The van der Waals surface area contributed by atoms with Crippen molar-refractivity contribution in [2.75, 3.05) is 13.2 Å². The van der Waals surface area contributed by atoms with Crippen LogP contribution in [-0.2, 0) is 6.42 Å². The van der Waals surface area contributed by atoms with Crippen LogP contribution in [0, 0.1) is 0 Å². The van der Waals surface area contributed by atoms with Gasteiger partial charge in [-0.1, -0.05) is 0 Å². The fourth-order valence-corrected chi connectivity index (χ4v) is 2.28. The Hall–Kier alpha value is -2.36. The molecule has 0 bridgehead atoms. The molecule has 0 saturated heterocycles. The van der Waals surface area contributed by atoms with Crippen LogP contribution in [0.4, 0.5) is 0 Å². The van der Waals surface area contributed by atoms with Crippen molar-refractivity contribution in [2.45, 2.75) is 13.3 Å². The Kier molecular flexibility index (Phi) is 3.37. The van der Waals surface area contributed by atoms with Gasteiger partial charge < -0.3 is 9.47 Å². The number of ketones is 1. The SMILES string of the molecule is CCOc1cncc(C(=O)c2ccc3c(c2)CCO3)c1. The average Bonchev–Trinajstić information content (AvgIpc) is 2.94. The van der Waals surface area contributed by atoms with Gasteiger partial charge in [0.15, 0.2) is 5.78 Å². The standard InChI is InChI=1S/C16H15NO3/c1-2-19-14-8-13(9-17-10-14)16(18)12-3-4-15-11(7-12)5-6-20-15/h3-4,7-10H,2,5-6H2,1H3. The third-order valence-electron chi connectivity index (χ3n) is 3.24. The van der Waals surface area contributed by atoms with Crippen molar-refractivity contribution in [3.8, 4) is 11.5 Å². The highest BCUT2D eigenvalue weighted by Crippen LogP contribution is 2.27. The lowest BCUT2D eigenvalue weighted by atomic mass is 10.0. The van der Waals surface area contributed by atoms with Gasteiger partial charge in [-0.05, 0) is 36.8 Å². The molecule has 1 aliphatic rings. The van der Waals surface area contributed by atoms with Gasteiger partial charge in [0.25, 0.3) is 0 Å². The Morgan fingerprint density at radius 2 is 2.20 bits per heavy atom. The Bertz CT molecular complexity index is 652. The van der Waals surface area contributed by atoms with Gasteiger partial charge in [0.05, 0.1) is 19.4 Å². The van der Waals surface area contributed by atoms with Crippen molar-refractivity contribution < 1.29 is 14.3 Å². The number of aromatic nitrogens is 1. The lowest BCUT2D eigenvalue weighted by molar-refractivity contribution is 0.103. The van der Waals surface area contributed by atoms with Crippen LogP contribution in [0.1, 0.15) is 28.4 Å². The van der Waals surface area contributed by atoms with Gasteiger partial charge in [-0.15, -0.1) is 0 Å². The summed E-state index contributed by atoms with van der Waals surface area (Å²) in [5, 5.41) is 0. The van der Waals surface area contributed by atoms with E-state index in [0.29, 0.717) is 30.1 Å². The van der Waals surface area contributed by atoms with Crippen LogP contribution in [0.15, 0.2) is 36.7 Å². The van der Waals surface area contributed by atoms with E-state index in [9.17, 15) is 4.79 Å². The molecule has 1 aromatic heterocycles. The van der Waals surface area contributed by atoms with Gasteiger partial charge in [-0.25, -0.2) is 0 Å². The molecule has 4 heteroatoms. The molecule has 3 rings (SSSR count). The number of carbonyl (C=O) groups excluding carboxylic acids is 1. The largest absolute Gasteiger partial charge is 0.493 e. The highest BCUT2D eigenvalue weighted by Gasteiger charge is 2.16. The molecule has 102 valence electrons. The third-order valence-corrected chi connectivity index (χ3v) is 3.24. The van der Waals surface area contributed by atoms with E-state index < -0.39 is 0 Å². The molecule has 0 aliphatic carbocycles. The molecule has 4 nitrogen and oxygen atoms in total. The molecule has 1 aliphatic heterocycles. The summed E-state index contributed by atoms with van der Waals surface area (Å²) < 4.78 is 10.8. The van der Waals surface area contributed by atoms with Crippen molar-refractivity contribution in [3.05, 3.63) is 53.3 Å². The maximum atomic E-state index is 12.5. The first kappa shape index (κ1) is 12.7. The number of hydrogen-bond acceptors (Lipinski definition) is 4. The molecule has 20 heavy (non-hydrogen) atoms. The minimum atomic E-state index is -0.0475. The Morgan fingerprint density at radius 1 is 1.30 bits per heavy atom. The third kappa shape index (κ3) is 2.37. The fourth-order valence-electron chi connectivity index (χ4n) is 2.28. The van der Waals surface area contributed by atoms with Gasteiger partial charge in [0.1, 0.15) is 11.5 Å². The molecule has 0 unspecified atom stereocenters. The summed E-state index contributed by atoms with van der Waals surface area (Å²) in [6, 6.07) is 7.27. The molecule has 0 radical (unpaired) electrons. The van der Waals surface area contributed by atoms with Crippen LogP contribution in [-0.4, -0.2) is 24.0 Å². The molecule has 2 aromatic rings. The minimum Gasteiger partial charge on any atom is -0.493 e. The van der Waals surface area contributed by atoms with E-state index in [1.54, 1.807) is 24.5 Å². The number of benzene rings is 1. The number of ether oxygens (including phenoxy) is 2. The van der Waals surface area contributed by atoms with E-state index >= 15 is 0 Å². The molecule has 0 saturated carbocycles. The van der Waals surface area contributed by atoms with E-state index in [2.05, 4.69) is 4.98 Å². The Morgan fingerprint density at radius 3 is 3.05 bits per heavy atom. The highest BCUT2D eigenvalue weighted by atomic mass is 16.5. The van der Waals surface area contributed by atoms with Crippen LogP contribution < -0.4 is 9.47 Å². The Labute approximate surface area is 117 Å². The smallest absolute Gasteiger partial charge is 0.194 e. The topological polar surface area (TPSA) is 48.4 Å². The molecule has 2 heterocycles. The first-order valence-electron chi connectivity index (χ1n) is 6.66. The first-order valence-corrected chi connectivity index (χ1v) is 6.66. The highest BCUT2D eigenvalue weighted by molar-refractivity contribution is 6.09. The molecular formula is C16H15NO3. The second kappa shape index (κ2) is 5.33. The van der Waals surface area contributed by atoms with Gasteiger partial charge in [0.2, 0.25) is 0 Å². The zero-order chi connectivity index (χ0) is 13.9. The fraction of sp³-hybridized carbons (Fsp3) is 0.250. The van der Waals surface area contributed by atoms with Crippen LogP contribution in [0.5, 0.6) is 11.5 Å².